The summed E-state index contributed by atoms with van der Waals surface area (Å²) in [4.78, 5) is 33.5. The molecular weight excluding hydrogens is 528 g/mol. The average molecular weight is 577 g/mol. The predicted octanol–water partition coefficient (Wildman–Crippen LogP) is 4.29. The highest BCUT2D eigenvalue weighted by atomic mass is 16.2. The van der Waals surface area contributed by atoms with Crippen molar-refractivity contribution in [3.8, 4) is 0 Å². The van der Waals surface area contributed by atoms with Gasteiger partial charge in [0.15, 0.2) is 0 Å². The van der Waals surface area contributed by atoms with Crippen LogP contribution < -0.4 is 32.7 Å². The van der Waals surface area contributed by atoms with Crippen LogP contribution in [0.15, 0.2) is 24.5 Å². The molecule has 2 aliphatic carbocycles. The Balaban J connectivity index is 0.000000169. The summed E-state index contributed by atoms with van der Waals surface area (Å²) in [5.41, 5.74) is 15.9. The molecule has 4 heterocycles. The molecule has 0 radical (unpaired) electrons. The fourth-order valence-corrected chi connectivity index (χ4v) is 6.87. The molecule has 8 N–H and O–H groups in total. The number of pyridine rings is 2. The number of amides is 2. The molecule has 2 aromatic rings. The Morgan fingerprint density at radius 1 is 0.810 bits per heavy atom. The maximum Gasteiger partial charge on any atom is 0.227 e. The van der Waals surface area contributed by atoms with Crippen LogP contribution in [-0.2, 0) is 22.4 Å². The van der Waals surface area contributed by atoms with Crippen LogP contribution in [-0.4, -0.2) is 47.0 Å². The van der Waals surface area contributed by atoms with Crippen LogP contribution in [0, 0.1) is 23.7 Å². The van der Waals surface area contributed by atoms with Crippen molar-refractivity contribution in [1.29, 1.82) is 0 Å². The van der Waals surface area contributed by atoms with Crippen molar-refractivity contribution in [2.75, 3.05) is 40.9 Å². The summed E-state index contributed by atoms with van der Waals surface area (Å²) in [6, 6.07) is 3.80. The first-order valence-corrected chi connectivity index (χ1v) is 15.8. The fraction of sp³-hybridized carbons (Fsp3) is 0.625. The van der Waals surface area contributed by atoms with Gasteiger partial charge in [-0.25, -0.2) is 9.97 Å². The molecule has 2 saturated carbocycles. The molecule has 2 fully saturated rings. The van der Waals surface area contributed by atoms with Gasteiger partial charge < -0.3 is 32.7 Å². The van der Waals surface area contributed by atoms with Gasteiger partial charge in [-0.1, -0.05) is 0 Å². The third kappa shape index (κ3) is 7.21. The number of carbonyl (C=O) groups is 2. The first kappa shape index (κ1) is 30.2. The number of hydrogen-bond acceptors (Lipinski definition) is 8. The van der Waals surface area contributed by atoms with Gasteiger partial charge in [0.25, 0.3) is 0 Å². The number of fused-ring (bicyclic) bond motifs is 2. The number of nitrogens with two attached hydrogens (primary N) is 2. The zero-order valence-corrected chi connectivity index (χ0v) is 25.2. The van der Waals surface area contributed by atoms with Crippen molar-refractivity contribution >= 4 is 34.8 Å². The second-order valence-corrected chi connectivity index (χ2v) is 13.0. The van der Waals surface area contributed by atoms with E-state index in [1.165, 1.54) is 0 Å². The van der Waals surface area contributed by atoms with Crippen molar-refractivity contribution in [3.63, 3.8) is 0 Å². The molecular formula is C32H48N8O2. The summed E-state index contributed by atoms with van der Waals surface area (Å²) >= 11 is 0. The molecule has 4 aliphatic rings. The lowest BCUT2D eigenvalue weighted by Crippen LogP contribution is -2.43. The van der Waals surface area contributed by atoms with Crippen LogP contribution in [0.4, 0.5) is 23.0 Å². The molecule has 2 aromatic heterocycles. The average Bonchev–Trinajstić information content (AvgIpc) is 3.68. The lowest BCUT2D eigenvalue weighted by molar-refractivity contribution is -0.121. The maximum atomic E-state index is 12.5. The molecule has 2 aliphatic heterocycles. The summed E-state index contributed by atoms with van der Waals surface area (Å²) in [7, 11) is 0. The van der Waals surface area contributed by atoms with Crippen LogP contribution in [0.5, 0.6) is 0 Å². The Labute approximate surface area is 249 Å². The first-order valence-electron chi connectivity index (χ1n) is 15.8. The highest BCUT2D eigenvalue weighted by molar-refractivity contribution is 5.94. The van der Waals surface area contributed by atoms with Gasteiger partial charge in [-0.2, -0.15) is 0 Å². The predicted molar refractivity (Wildman–Crippen MR) is 168 cm³/mol. The standard InChI is InChI=1S/C17H26N4O.C15H22N4O/c1-17(2,18)12-5-3-11(4-6-12)16(22)21-14-8-10-20-15-13(14)7-9-19-15;16-9-10-1-3-11(4-2-10)15(20)19-13-6-8-18-14-12(13)5-7-17-14/h8,10-12H,3-7,9,18H2,1-2H3,(H2,19,20,21,22);6,8,10-11H,1-5,7,9,16H2,(H2,17,18,19,20). The summed E-state index contributed by atoms with van der Waals surface area (Å²) in [6.07, 6.45) is 13.4. The monoisotopic (exact) mass is 576 g/mol. The number of nitrogens with zero attached hydrogens (tertiary/aromatic N) is 2. The zero-order valence-electron chi connectivity index (χ0n) is 25.2. The van der Waals surface area contributed by atoms with Crippen molar-refractivity contribution in [3.05, 3.63) is 35.7 Å². The number of hydrogen-bond donors (Lipinski definition) is 6. The topological polar surface area (TPSA) is 160 Å². The normalized spacial score (nSPS) is 24.7. The minimum atomic E-state index is -0.140. The summed E-state index contributed by atoms with van der Waals surface area (Å²) < 4.78 is 0. The quantitative estimate of drug-likeness (QED) is 0.297. The Hall–Kier alpha value is -3.24. The second-order valence-electron chi connectivity index (χ2n) is 13.0. The largest absolute Gasteiger partial charge is 0.369 e. The van der Waals surface area contributed by atoms with E-state index in [1.807, 2.05) is 12.1 Å². The lowest BCUT2D eigenvalue weighted by Gasteiger charge is -2.36. The van der Waals surface area contributed by atoms with E-state index in [2.05, 4.69) is 45.1 Å². The van der Waals surface area contributed by atoms with Crippen LogP contribution in [0.3, 0.4) is 0 Å². The molecule has 0 atom stereocenters. The van der Waals surface area contributed by atoms with E-state index >= 15 is 0 Å². The fourth-order valence-electron chi connectivity index (χ4n) is 6.87. The molecule has 0 bridgehead atoms. The van der Waals surface area contributed by atoms with E-state index in [9.17, 15) is 9.59 Å². The zero-order chi connectivity index (χ0) is 29.7. The Kier molecular flexibility index (Phi) is 9.63. The SMILES string of the molecule is CC(C)(N)C1CCC(C(=O)Nc2ccnc3c2CCN3)CC1.NCC1CCC(C(=O)Nc2ccnc3c2CCN3)CC1. The van der Waals surface area contributed by atoms with Gasteiger partial charge in [0.1, 0.15) is 11.6 Å². The van der Waals surface area contributed by atoms with Crippen LogP contribution in [0.25, 0.3) is 0 Å². The van der Waals surface area contributed by atoms with E-state index in [1.54, 1.807) is 12.4 Å². The molecule has 0 unspecified atom stereocenters. The second kappa shape index (κ2) is 13.4. The van der Waals surface area contributed by atoms with Gasteiger partial charge in [-0.15, -0.1) is 0 Å². The Morgan fingerprint density at radius 2 is 1.26 bits per heavy atom. The van der Waals surface area contributed by atoms with Gasteiger partial charge in [-0.3, -0.25) is 9.59 Å². The third-order valence-corrected chi connectivity index (χ3v) is 9.66. The molecule has 10 nitrogen and oxygen atoms in total. The number of rotatable bonds is 6. The highest BCUT2D eigenvalue weighted by Crippen LogP contribution is 2.36. The van der Waals surface area contributed by atoms with E-state index in [0.29, 0.717) is 11.8 Å². The smallest absolute Gasteiger partial charge is 0.227 e. The first-order chi connectivity index (χ1) is 20.2. The summed E-state index contributed by atoms with van der Waals surface area (Å²) in [5, 5.41) is 12.7. The molecule has 0 spiro atoms. The molecule has 228 valence electrons. The molecule has 2 amide bonds. The molecule has 10 heteroatoms. The minimum absolute atomic E-state index is 0.108. The van der Waals surface area contributed by atoms with Crippen LogP contribution >= 0.6 is 0 Å². The van der Waals surface area contributed by atoms with Crippen LogP contribution in [0.1, 0.15) is 76.3 Å². The van der Waals surface area contributed by atoms with Gasteiger partial charge in [0, 0.05) is 65.4 Å². The number of aromatic nitrogens is 2. The van der Waals surface area contributed by atoms with Gasteiger partial charge in [0.05, 0.1) is 0 Å². The van der Waals surface area contributed by atoms with Crippen LogP contribution in [0.2, 0.25) is 0 Å². The number of carbonyl (C=O) groups excluding carboxylic acids is 2. The highest BCUT2D eigenvalue weighted by Gasteiger charge is 2.33. The van der Waals surface area contributed by atoms with E-state index in [-0.39, 0.29) is 29.2 Å². The summed E-state index contributed by atoms with van der Waals surface area (Å²) in [5.74, 6) is 3.49. The Bertz CT molecular complexity index is 1240. The minimum Gasteiger partial charge on any atom is -0.369 e. The van der Waals surface area contributed by atoms with E-state index in [4.69, 9.17) is 11.5 Å². The van der Waals surface area contributed by atoms with Crippen molar-refractivity contribution in [2.24, 2.45) is 35.1 Å². The lowest BCUT2D eigenvalue weighted by atomic mass is 9.73. The van der Waals surface area contributed by atoms with Crippen molar-refractivity contribution < 1.29 is 9.59 Å². The van der Waals surface area contributed by atoms with E-state index in [0.717, 1.165) is 118 Å². The third-order valence-electron chi connectivity index (χ3n) is 9.66. The Morgan fingerprint density at radius 3 is 1.69 bits per heavy atom. The molecule has 42 heavy (non-hydrogen) atoms. The molecule has 0 saturated heterocycles. The van der Waals surface area contributed by atoms with Crippen molar-refractivity contribution in [1.82, 2.24) is 9.97 Å². The summed E-state index contributed by atoms with van der Waals surface area (Å²) in [6.45, 7) is 6.72. The molecule has 0 aromatic carbocycles. The molecule has 6 rings (SSSR count). The van der Waals surface area contributed by atoms with Gasteiger partial charge in [0.2, 0.25) is 11.8 Å². The number of anilines is 4. The van der Waals surface area contributed by atoms with Crippen molar-refractivity contribution in [2.45, 2.75) is 83.6 Å². The van der Waals surface area contributed by atoms with Gasteiger partial charge in [-0.05, 0) is 109 Å². The van der Waals surface area contributed by atoms with Gasteiger partial charge >= 0.3 is 0 Å². The maximum absolute atomic E-state index is 12.5. The number of nitrogens with one attached hydrogen (secondary N) is 4. The van der Waals surface area contributed by atoms with E-state index < -0.39 is 0 Å².